The zero-order valence-corrected chi connectivity index (χ0v) is 12.4. The van der Waals surface area contributed by atoms with Gasteiger partial charge in [-0.05, 0) is 44.4 Å². The molecule has 4 saturated carbocycles. The van der Waals surface area contributed by atoms with E-state index in [-0.39, 0.29) is 16.8 Å². The summed E-state index contributed by atoms with van der Waals surface area (Å²) >= 11 is 11.4. The van der Waals surface area contributed by atoms with Crippen molar-refractivity contribution in [3.05, 3.63) is 0 Å². The lowest BCUT2D eigenvalue weighted by Crippen LogP contribution is -2.36. The van der Waals surface area contributed by atoms with E-state index in [9.17, 15) is 4.21 Å². The van der Waals surface area contributed by atoms with Gasteiger partial charge in [0.15, 0.2) is 11.1 Å². The molecule has 0 aromatic heterocycles. The predicted molar refractivity (Wildman–Crippen MR) is 68.1 cm³/mol. The first-order chi connectivity index (χ1) is 7.76. The van der Waals surface area contributed by atoms with Crippen LogP contribution in [-0.2, 0) is 15.3 Å². The van der Waals surface area contributed by atoms with Crippen LogP contribution in [0.3, 0.4) is 0 Å². The Hall–Kier alpha value is 0.690. The van der Waals surface area contributed by atoms with Gasteiger partial charge in [0, 0.05) is 11.8 Å². The second kappa shape index (κ2) is 2.89. The normalized spacial score (nSPS) is 57.8. The van der Waals surface area contributed by atoms with Gasteiger partial charge < -0.3 is 0 Å². The first kappa shape index (κ1) is 11.5. The quantitative estimate of drug-likeness (QED) is 0.732. The summed E-state index contributed by atoms with van der Waals surface area (Å²) in [5.41, 5.74) is 0. The zero-order valence-electron chi connectivity index (χ0n) is 10.0. The van der Waals surface area contributed by atoms with Gasteiger partial charge in [0.05, 0.1) is 10.9 Å². The summed E-state index contributed by atoms with van der Waals surface area (Å²) < 4.78 is 17.0. The van der Waals surface area contributed by atoms with Crippen molar-refractivity contribution in [1.82, 2.24) is 0 Å². The molecule has 6 atom stereocenters. The van der Waals surface area contributed by atoms with Gasteiger partial charge in [0.1, 0.15) is 4.33 Å². The number of rotatable bonds is 2. The van der Waals surface area contributed by atoms with Crippen LogP contribution in [0.2, 0.25) is 0 Å². The monoisotopic (exact) mass is 294 g/mol. The van der Waals surface area contributed by atoms with Gasteiger partial charge in [-0.15, -0.1) is 23.2 Å². The Kier molecular flexibility index (Phi) is 1.96. The number of halogens is 2. The summed E-state index contributed by atoms with van der Waals surface area (Å²) in [7, 11) is 0. The summed E-state index contributed by atoms with van der Waals surface area (Å²) in [4.78, 5) is 0. The maximum Gasteiger partial charge on any atom is 0.161 e. The Labute approximate surface area is 114 Å². The molecule has 0 aliphatic heterocycles. The van der Waals surface area contributed by atoms with E-state index in [2.05, 4.69) is 0 Å². The van der Waals surface area contributed by atoms with Crippen LogP contribution in [0.15, 0.2) is 0 Å². The molecular weight excluding hydrogens is 279 g/mol. The molecule has 4 fully saturated rings. The fourth-order valence-corrected chi connectivity index (χ4v) is 5.65. The molecule has 0 aromatic carbocycles. The molecule has 0 heterocycles. The molecule has 0 N–H and O–H groups in total. The van der Waals surface area contributed by atoms with Crippen molar-refractivity contribution < 1.29 is 8.39 Å². The van der Waals surface area contributed by atoms with E-state index in [1.807, 2.05) is 20.8 Å². The number of alkyl halides is 2. The third kappa shape index (κ3) is 1.30. The van der Waals surface area contributed by atoms with Gasteiger partial charge in [0.2, 0.25) is 0 Å². The van der Waals surface area contributed by atoms with Crippen molar-refractivity contribution in [2.45, 2.75) is 36.0 Å². The number of fused-ring (bicyclic) bond motifs is 4. The van der Waals surface area contributed by atoms with Crippen LogP contribution in [-0.4, -0.2) is 19.4 Å². The highest BCUT2D eigenvalue weighted by Crippen LogP contribution is 2.90. The highest BCUT2D eigenvalue weighted by Gasteiger charge is 2.92. The Bertz CT molecular complexity index is 421. The SMILES string of the molecule is CC(C)(C)S(=O)OC1C2C3C2C3C2C1C2(Cl)Cl. The second-order valence-electron chi connectivity index (χ2n) is 6.94. The van der Waals surface area contributed by atoms with E-state index in [4.69, 9.17) is 27.4 Å². The first-order valence-corrected chi connectivity index (χ1v) is 8.06. The van der Waals surface area contributed by atoms with Crippen molar-refractivity contribution in [2.24, 2.45) is 35.5 Å². The molecule has 0 radical (unpaired) electrons. The molecule has 0 aromatic rings. The predicted octanol–water partition coefficient (Wildman–Crippen LogP) is 2.76. The minimum Gasteiger partial charge on any atom is -0.286 e. The highest BCUT2D eigenvalue weighted by molar-refractivity contribution is 7.81. The molecule has 6 unspecified atom stereocenters. The maximum absolute atomic E-state index is 12.1. The molecule has 0 spiro atoms. The third-order valence-corrected chi connectivity index (χ3v) is 7.36. The molecule has 0 amide bonds. The molecule has 5 heteroatoms. The minimum atomic E-state index is -1.26. The Balaban J connectivity index is 1.54. The summed E-state index contributed by atoms with van der Waals surface area (Å²) in [5, 5.41) is 0. The van der Waals surface area contributed by atoms with Crippen LogP contribution in [0.5, 0.6) is 0 Å². The van der Waals surface area contributed by atoms with Crippen LogP contribution < -0.4 is 0 Å². The van der Waals surface area contributed by atoms with E-state index in [0.717, 1.165) is 17.8 Å². The van der Waals surface area contributed by atoms with Gasteiger partial charge in [-0.3, -0.25) is 4.18 Å². The molecule has 2 nitrogen and oxygen atoms in total. The van der Waals surface area contributed by atoms with Gasteiger partial charge in [-0.1, -0.05) is 0 Å². The summed E-state index contributed by atoms with van der Waals surface area (Å²) in [6, 6.07) is 0. The average molecular weight is 295 g/mol. The van der Waals surface area contributed by atoms with Crippen molar-refractivity contribution in [2.75, 3.05) is 0 Å². The van der Waals surface area contributed by atoms with Crippen LogP contribution in [0.25, 0.3) is 0 Å². The summed E-state index contributed by atoms with van der Waals surface area (Å²) in [6.45, 7) is 5.80. The van der Waals surface area contributed by atoms with Crippen molar-refractivity contribution in [3.63, 3.8) is 0 Å². The third-order valence-electron chi connectivity index (χ3n) is 4.95. The molecule has 17 heavy (non-hydrogen) atoms. The van der Waals surface area contributed by atoms with Crippen molar-refractivity contribution in [1.29, 1.82) is 0 Å². The molecule has 4 rings (SSSR count). The van der Waals surface area contributed by atoms with E-state index in [0.29, 0.717) is 11.8 Å². The largest absolute Gasteiger partial charge is 0.286 e. The molecular formula is C12H16Cl2O2S. The van der Waals surface area contributed by atoms with Crippen LogP contribution in [0.4, 0.5) is 0 Å². The van der Waals surface area contributed by atoms with Crippen molar-refractivity contribution >= 4 is 34.3 Å². The number of hydrogen-bond acceptors (Lipinski definition) is 2. The highest BCUT2D eigenvalue weighted by atomic mass is 35.5. The van der Waals surface area contributed by atoms with Crippen LogP contribution in [0, 0.1) is 35.5 Å². The second-order valence-corrected chi connectivity index (χ2v) is 10.3. The molecule has 4 aliphatic rings. The lowest BCUT2D eigenvalue weighted by molar-refractivity contribution is 0.0926. The van der Waals surface area contributed by atoms with E-state index < -0.39 is 15.4 Å². The van der Waals surface area contributed by atoms with Gasteiger partial charge in [-0.2, -0.15) is 0 Å². The minimum absolute atomic E-state index is 0.0371. The van der Waals surface area contributed by atoms with Gasteiger partial charge in [-0.25, -0.2) is 4.21 Å². The molecule has 0 bridgehead atoms. The van der Waals surface area contributed by atoms with Crippen LogP contribution >= 0.6 is 23.2 Å². The Morgan fingerprint density at radius 3 is 2.18 bits per heavy atom. The van der Waals surface area contributed by atoms with E-state index >= 15 is 0 Å². The fourth-order valence-electron chi connectivity index (χ4n) is 3.96. The number of hydrogen-bond donors (Lipinski definition) is 0. The lowest BCUT2D eigenvalue weighted by atomic mass is 9.86. The van der Waals surface area contributed by atoms with Crippen LogP contribution in [0.1, 0.15) is 20.8 Å². The van der Waals surface area contributed by atoms with Gasteiger partial charge in [0.25, 0.3) is 0 Å². The molecule has 0 saturated heterocycles. The molecule has 96 valence electrons. The fraction of sp³-hybridized carbons (Fsp3) is 1.00. The topological polar surface area (TPSA) is 26.3 Å². The average Bonchev–Trinajstić information content (AvgIpc) is 3.04. The smallest absolute Gasteiger partial charge is 0.161 e. The van der Waals surface area contributed by atoms with E-state index in [1.165, 1.54) is 0 Å². The van der Waals surface area contributed by atoms with Gasteiger partial charge >= 0.3 is 0 Å². The van der Waals surface area contributed by atoms with E-state index in [1.54, 1.807) is 0 Å². The zero-order chi connectivity index (χ0) is 12.3. The molecule has 4 aliphatic carbocycles. The summed E-state index contributed by atoms with van der Waals surface area (Å²) in [5.74, 6) is 3.58. The Morgan fingerprint density at radius 1 is 1.06 bits per heavy atom. The maximum atomic E-state index is 12.1. The van der Waals surface area contributed by atoms with Crippen molar-refractivity contribution in [3.8, 4) is 0 Å². The summed E-state index contributed by atoms with van der Waals surface area (Å²) in [6.07, 6.45) is 0.0371. The Morgan fingerprint density at radius 2 is 1.65 bits per heavy atom. The first-order valence-electron chi connectivity index (χ1n) is 6.23. The lowest BCUT2D eigenvalue weighted by Gasteiger charge is -2.29. The standard InChI is InChI=1S/C12H16Cl2O2S/c1-11(2,3)17(15)16-10-7-4-5(7)6(4)8-9(10)12(8,13)14/h4-10H,1-3H3.